The van der Waals surface area contributed by atoms with Crippen molar-refractivity contribution in [2.75, 3.05) is 56.6 Å². The minimum atomic E-state index is 0.274. The van der Waals surface area contributed by atoms with Crippen LogP contribution in [0.15, 0.2) is 47.4 Å². The van der Waals surface area contributed by atoms with Crippen molar-refractivity contribution >= 4 is 34.3 Å². The molecule has 33 heavy (non-hydrogen) atoms. The van der Waals surface area contributed by atoms with Crippen molar-refractivity contribution in [3.8, 4) is 11.4 Å². The fraction of sp³-hybridized carbons (Fsp3) is 0.348. The molecular weight excluding hydrogens is 438 g/mol. The van der Waals surface area contributed by atoms with Crippen LogP contribution in [0.1, 0.15) is 5.56 Å². The van der Waals surface area contributed by atoms with Gasteiger partial charge >= 0.3 is 0 Å². The second-order valence-electron chi connectivity index (χ2n) is 7.89. The second-order valence-corrected chi connectivity index (χ2v) is 8.67. The molecule has 0 radical (unpaired) electrons. The van der Waals surface area contributed by atoms with E-state index in [0.29, 0.717) is 18.3 Å². The molecule has 1 aliphatic rings. The molecule has 0 aliphatic carbocycles. The van der Waals surface area contributed by atoms with Crippen molar-refractivity contribution < 1.29 is 9.84 Å². The third-order valence-electron chi connectivity index (χ3n) is 5.64. The Bertz CT molecular complexity index is 1170. The van der Waals surface area contributed by atoms with E-state index in [9.17, 15) is 5.11 Å². The monoisotopic (exact) mass is 465 g/mol. The zero-order valence-electron chi connectivity index (χ0n) is 18.3. The van der Waals surface area contributed by atoms with Gasteiger partial charge in [-0.25, -0.2) is 4.98 Å². The van der Waals surface area contributed by atoms with Gasteiger partial charge in [-0.1, -0.05) is 12.1 Å². The highest BCUT2D eigenvalue weighted by molar-refractivity contribution is 7.08. The van der Waals surface area contributed by atoms with Crippen LogP contribution >= 0.6 is 11.3 Å². The molecule has 1 fully saturated rings. The summed E-state index contributed by atoms with van der Waals surface area (Å²) in [6, 6.07) is 9.32. The molecule has 0 unspecified atom stereocenters. The number of aromatic nitrogens is 4. The van der Waals surface area contributed by atoms with E-state index < -0.39 is 0 Å². The molecule has 0 bridgehead atoms. The van der Waals surface area contributed by atoms with Crippen molar-refractivity contribution in [2.24, 2.45) is 0 Å². The van der Waals surface area contributed by atoms with Crippen LogP contribution in [0.2, 0.25) is 0 Å². The lowest BCUT2D eigenvalue weighted by molar-refractivity contribution is 0.0398. The third-order valence-corrected chi connectivity index (χ3v) is 6.31. The lowest BCUT2D eigenvalue weighted by Crippen LogP contribution is -2.39. The summed E-state index contributed by atoms with van der Waals surface area (Å²) in [5.41, 5.74) is 3.68. The van der Waals surface area contributed by atoms with E-state index in [1.54, 1.807) is 29.8 Å². The SMILES string of the molecule is Oc1ccc(CCNc2nc(NCCN3CCOCC3)nc3c2ncn3-c2ccsc2)cc1. The number of phenols is 1. The number of hydrogen-bond donors (Lipinski definition) is 3. The van der Waals surface area contributed by atoms with Crippen LogP contribution in [0.25, 0.3) is 16.9 Å². The van der Waals surface area contributed by atoms with Gasteiger partial charge in [-0.3, -0.25) is 9.47 Å². The number of hydrogen-bond acceptors (Lipinski definition) is 9. The zero-order valence-corrected chi connectivity index (χ0v) is 19.1. The molecule has 1 saturated heterocycles. The predicted octanol–water partition coefficient (Wildman–Crippen LogP) is 2.98. The fourth-order valence-electron chi connectivity index (χ4n) is 3.82. The number of rotatable bonds is 9. The maximum absolute atomic E-state index is 9.49. The molecule has 0 amide bonds. The summed E-state index contributed by atoms with van der Waals surface area (Å²) in [5, 5.41) is 20.4. The normalized spacial score (nSPS) is 14.5. The summed E-state index contributed by atoms with van der Waals surface area (Å²) in [6.07, 6.45) is 2.60. The van der Waals surface area contributed by atoms with Crippen molar-refractivity contribution in [1.29, 1.82) is 0 Å². The molecule has 3 N–H and O–H groups in total. The predicted molar refractivity (Wildman–Crippen MR) is 131 cm³/mol. The first-order chi connectivity index (χ1) is 16.3. The number of phenolic OH excluding ortho intramolecular Hbond substituents is 1. The number of fused-ring (bicyclic) bond motifs is 1. The van der Waals surface area contributed by atoms with Gasteiger partial charge in [0.15, 0.2) is 17.0 Å². The number of benzene rings is 1. The largest absolute Gasteiger partial charge is 0.508 e. The summed E-state index contributed by atoms with van der Waals surface area (Å²) in [5.74, 6) is 1.57. The standard InChI is InChI=1S/C23H27N7O2S/c31-19-3-1-17(2-4-19)5-7-24-21-20-22(30(16-26-20)18-6-14-33-15-18)28-23(27-21)25-8-9-29-10-12-32-13-11-29/h1-4,6,14-16,31H,5,7-13H2,(H2,24,25,27,28). The Balaban J connectivity index is 1.34. The van der Waals surface area contributed by atoms with Gasteiger partial charge in [-0.2, -0.15) is 21.3 Å². The number of ether oxygens (including phenoxy) is 1. The summed E-state index contributed by atoms with van der Waals surface area (Å²) >= 11 is 1.64. The van der Waals surface area contributed by atoms with Crippen LogP contribution < -0.4 is 10.6 Å². The van der Waals surface area contributed by atoms with Gasteiger partial charge in [0, 0.05) is 38.1 Å². The minimum Gasteiger partial charge on any atom is -0.508 e. The van der Waals surface area contributed by atoms with Gasteiger partial charge < -0.3 is 20.5 Å². The molecule has 9 nitrogen and oxygen atoms in total. The lowest BCUT2D eigenvalue weighted by atomic mass is 10.1. The van der Waals surface area contributed by atoms with E-state index in [-0.39, 0.29) is 5.75 Å². The summed E-state index contributed by atoms with van der Waals surface area (Å²) in [6.45, 7) is 5.85. The molecule has 4 aromatic rings. The first-order valence-corrected chi connectivity index (χ1v) is 12.0. The number of aromatic hydroxyl groups is 1. The van der Waals surface area contributed by atoms with E-state index in [0.717, 1.165) is 68.2 Å². The van der Waals surface area contributed by atoms with Gasteiger partial charge in [-0.05, 0) is 35.6 Å². The smallest absolute Gasteiger partial charge is 0.226 e. The Morgan fingerprint density at radius 2 is 1.88 bits per heavy atom. The van der Waals surface area contributed by atoms with Crippen LogP contribution in [0, 0.1) is 0 Å². The molecule has 10 heteroatoms. The fourth-order valence-corrected chi connectivity index (χ4v) is 4.45. The Hall–Kier alpha value is -3.21. The van der Waals surface area contributed by atoms with Crippen LogP contribution in [-0.2, 0) is 11.2 Å². The minimum absolute atomic E-state index is 0.274. The Kier molecular flexibility index (Phi) is 6.66. The van der Waals surface area contributed by atoms with E-state index in [4.69, 9.17) is 14.7 Å². The van der Waals surface area contributed by atoms with Gasteiger partial charge in [0.25, 0.3) is 0 Å². The highest BCUT2D eigenvalue weighted by Crippen LogP contribution is 2.24. The topological polar surface area (TPSA) is 100 Å². The van der Waals surface area contributed by atoms with Crippen molar-refractivity contribution in [1.82, 2.24) is 24.4 Å². The van der Waals surface area contributed by atoms with Gasteiger partial charge in [0.1, 0.15) is 12.1 Å². The maximum atomic E-state index is 9.49. The zero-order chi connectivity index (χ0) is 22.5. The molecule has 5 rings (SSSR count). The van der Waals surface area contributed by atoms with E-state index in [2.05, 4.69) is 32.0 Å². The molecule has 1 aromatic carbocycles. The van der Waals surface area contributed by atoms with Crippen LogP contribution in [0.4, 0.5) is 11.8 Å². The van der Waals surface area contributed by atoms with E-state index >= 15 is 0 Å². The van der Waals surface area contributed by atoms with E-state index in [1.165, 1.54) is 0 Å². The number of nitrogens with one attached hydrogen (secondary N) is 2. The van der Waals surface area contributed by atoms with Crippen LogP contribution in [0.5, 0.6) is 5.75 Å². The van der Waals surface area contributed by atoms with Gasteiger partial charge in [0.2, 0.25) is 5.95 Å². The van der Waals surface area contributed by atoms with Crippen LogP contribution in [-0.4, -0.2) is 75.5 Å². The highest BCUT2D eigenvalue weighted by atomic mass is 32.1. The number of morpholine rings is 1. The number of nitrogens with zero attached hydrogens (tertiary/aromatic N) is 5. The molecule has 1 aliphatic heterocycles. The van der Waals surface area contributed by atoms with E-state index in [1.807, 2.05) is 22.1 Å². The number of anilines is 2. The Morgan fingerprint density at radius 3 is 2.67 bits per heavy atom. The Morgan fingerprint density at radius 1 is 1.03 bits per heavy atom. The second kappa shape index (κ2) is 10.2. The van der Waals surface area contributed by atoms with Gasteiger partial charge in [-0.15, -0.1) is 0 Å². The third kappa shape index (κ3) is 5.24. The molecule has 0 atom stereocenters. The van der Waals surface area contributed by atoms with Crippen molar-refractivity contribution in [3.05, 3.63) is 53.0 Å². The summed E-state index contributed by atoms with van der Waals surface area (Å²) in [4.78, 5) is 16.5. The molecule has 172 valence electrons. The average molecular weight is 466 g/mol. The highest BCUT2D eigenvalue weighted by Gasteiger charge is 2.15. The molecule has 0 saturated carbocycles. The summed E-state index contributed by atoms with van der Waals surface area (Å²) < 4.78 is 7.42. The average Bonchev–Trinajstić information content (AvgIpc) is 3.51. The molecular formula is C23H27N7O2S. The van der Waals surface area contributed by atoms with Gasteiger partial charge in [0.05, 0.1) is 18.9 Å². The first kappa shape index (κ1) is 21.6. The molecule has 4 heterocycles. The van der Waals surface area contributed by atoms with Crippen LogP contribution in [0.3, 0.4) is 0 Å². The number of thiophene rings is 1. The Labute approximate surface area is 196 Å². The molecule has 0 spiro atoms. The maximum Gasteiger partial charge on any atom is 0.226 e. The lowest BCUT2D eigenvalue weighted by Gasteiger charge is -2.26. The first-order valence-electron chi connectivity index (χ1n) is 11.1. The quantitative estimate of drug-likeness (QED) is 0.347. The van der Waals surface area contributed by atoms with Crippen molar-refractivity contribution in [2.45, 2.75) is 6.42 Å². The van der Waals surface area contributed by atoms with Crippen molar-refractivity contribution in [3.63, 3.8) is 0 Å². The number of imidazole rings is 1. The molecule has 3 aromatic heterocycles. The summed E-state index contributed by atoms with van der Waals surface area (Å²) in [7, 11) is 0.